The summed E-state index contributed by atoms with van der Waals surface area (Å²) < 4.78 is 21.4. The largest absolute Gasteiger partial charge is 0.491 e. The van der Waals surface area contributed by atoms with Crippen molar-refractivity contribution in [1.82, 2.24) is 0 Å². The van der Waals surface area contributed by atoms with Crippen LogP contribution in [-0.4, -0.2) is 58.0 Å². The second-order valence-electron chi connectivity index (χ2n) is 4.68. The molecule has 0 spiro atoms. The predicted octanol–water partition coefficient (Wildman–Crippen LogP) is 1.72. The molecule has 0 heterocycles. The van der Waals surface area contributed by atoms with E-state index in [0.29, 0.717) is 46.2 Å². The van der Waals surface area contributed by atoms with E-state index in [0.717, 1.165) is 11.3 Å². The Balaban J connectivity index is 1.93. The number of rotatable bonds is 12. The summed E-state index contributed by atoms with van der Waals surface area (Å²) in [5.74, 6) is 0.904. The Morgan fingerprint density at radius 3 is 1.95 bits per heavy atom. The number of hydrogen-bond acceptors (Lipinski definition) is 5. The highest BCUT2D eigenvalue weighted by Gasteiger charge is 1.99. The van der Waals surface area contributed by atoms with Crippen molar-refractivity contribution in [2.75, 3.05) is 52.9 Å². The first-order valence-electron chi connectivity index (χ1n) is 7.28. The molecule has 0 aliphatic carbocycles. The Kier molecular flexibility index (Phi) is 9.82. The van der Waals surface area contributed by atoms with Gasteiger partial charge >= 0.3 is 0 Å². The smallest absolute Gasteiger partial charge is 0.122 e. The van der Waals surface area contributed by atoms with Crippen LogP contribution in [0.25, 0.3) is 0 Å². The molecule has 5 nitrogen and oxygen atoms in total. The number of aliphatic hydroxyl groups excluding tert-OH is 1. The maximum absolute atomic E-state index is 8.50. The summed E-state index contributed by atoms with van der Waals surface area (Å²) in [4.78, 5) is 0. The molecule has 0 saturated carbocycles. The molecular weight excluding hydrogens is 272 g/mol. The van der Waals surface area contributed by atoms with Gasteiger partial charge in [0.15, 0.2) is 0 Å². The second kappa shape index (κ2) is 11.5. The molecule has 1 rings (SSSR count). The highest BCUT2D eigenvalue weighted by atomic mass is 16.6. The van der Waals surface area contributed by atoms with Gasteiger partial charge < -0.3 is 24.1 Å². The molecule has 21 heavy (non-hydrogen) atoms. The number of ether oxygens (including phenoxy) is 4. The second-order valence-corrected chi connectivity index (χ2v) is 4.68. The minimum absolute atomic E-state index is 0.0452. The minimum Gasteiger partial charge on any atom is -0.491 e. The number of hydrogen-bond donors (Lipinski definition) is 1. The van der Waals surface area contributed by atoms with Crippen molar-refractivity contribution in [3.63, 3.8) is 0 Å². The molecule has 0 aliphatic rings. The van der Waals surface area contributed by atoms with Crippen LogP contribution < -0.4 is 4.74 Å². The Labute approximate surface area is 126 Å². The quantitative estimate of drug-likeness (QED) is 0.596. The summed E-state index contributed by atoms with van der Waals surface area (Å²) in [6.45, 7) is 7.66. The van der Waals surface area contributed by atoms with E-state index in [2.05, 4.69) is 13.0 Å². The zero-order chi connectivity index (χ0) is 15.3. The summed E-state index contributed by atoms with van der Waals surface area (Å²) in [6, 6.07) is 6.12. The molecular formula is C16H26O5. The third kappa shape index (κ3) is 8.67. The molecule has 0 fully saturated rings. The van der Waals surface area contributed by atoms with Crippen LogP contribution in [0.15, 0.2) is 18.2 Å². The van der Waals surface area contributed by atoms with Gasteiger partial charge in [0.1, 0.15) is 12.4 Å². The molecule has 0 unspecified atom stereocenters. The van der Waals surface area contributed by atoms with Crippen molar-refractivity contribution >= 4 is 0 Å². The Morgan fingerprint density at radius 2 is 1.38 bits per heavy atom. The fourth-order valence-electron chi connectivity index (χ4n) is 1.78. The summed E-state index contributed by atoms with van der Waals surface area (Å²) >= 11 is 0. The van der Waals surface area contributed by atoms with E-state index in [9.17, 15) is 0 Å². The average Bonchev–Trinajstić information content (AvgIpc) is 2.46. The maximum Gasteiger partial charge on any atom is 0.122 e. The van der Waals surface area contributed by atoms with Crippen molar-refractivity contribution in [2.24, 2.45) is 0 Å². The van der Waals surface area contributed by atoms with Gasteiger partial charge in [0.05, 0.1) is 46.2 Å². The van der Waals surface area contributed by atoms with Gasteiger partial charge in [-0.15, -0.1) is 0 Å². The fraction of sp³-hybridized carbons (Fsp3) is 0.625. The molecule has 0 saturated heterocycles. The van der Waals surface area contributed by atoms with E-state index in [1.165, 1.54) is 5.56 Å². The molecule has 5 heteroatoms. The van der Waals surface area contributed by atoms with Crippen molar-refractivity contribution in [1.29, 1.82) is 0 Å². The molecule has 120 valence electrons. The van der Waals surface area contributed by atoms with Crippen LogP contribution in [0, 0.1) is 13.8 Å². The summed E-state index contributed by atoms with van der Waals surface area (Å²) in [7, 11) is 0. The Hall–Kier alpha value is -1.14. The molecule has 1 N–H and O–H groups in total. The Morgan fingerprint density at radius 1 is 0.810 bits per heavy atom. The molecule has 0 aromatic heterocycles. The number of aryl methyl sites for hydroxylation is 2. The fourth-order valence-corrected chi connectivity index (χ4v) is 1.78. The van der Waals surface area contributed by atoms with E-state index in [1.807, 2.05) is 19.1 Å². The highest BCUT2D eigenvalue weighted by Crippen LogP contribution is 2.18. The van der Waals surface area contributed by atoms with Crippen LogP contribution in [-0.2, 0) is 14.2 Å². The van der Waals surface area contributed by atoms with E-state index >= 15 is 0 Å². The Bertz CT molecular complexity index is 381. The first kappa shape index (κ1) is 17.9. The third-order valence-corrected chi connectivity index (χ3v) is 2.80. The average molecular weight is 298 g/mol. The lowest BCUT2D eigenvalue weighted by Gasteiger charge is -2.10. The standard InChI is InChI=1S/C16H26O5/c1-14-3-4-16(15(2)13-14)21-12-11-20-10-9-19-8-7-18-6-5-17/h3-4,13,17H,5-12H2,1-2H3. The van der Waals surface area contributed by atoms with Crippen molar-refractivity contribution in [3.8, 4) is 5.75 Å². The maximum atomic E-state index is 8.50. The first-order valence-corrected chi connectivity index (χ1v) is 7.28. The van der Waals surface area contributed by atoms with E-state index in [4.69, 9.17) is 24.1 Å². The van der Waals surface area contributed by atoms with Crippen LogP contribution in [0.2, 0.25) is 0 Å². The topological polar surface area (TPSA) is 57.2 Å². The summed E-state index contributed by atoms with van der Waals surface area (Å²) in [5.41, 5.74) is 2.37. The zero-order valence-electron chi connectivity index (χ0n) is 13.0. The molecule has 0 bridgehead atoms. The van der Waals surface area contributed by atoms with Gasteiger partial charge in [0.2, 0.25) is 0 Å². The van der Waals surface area contributed by atoms with Gasteiger partial charge in [-0.25, -0.2) is 0 Å². The lowest BCUT2D eigenvalue weighted by molar-refractivity contribution is 0.00358. The van der Waals surface area contributed by atoms with Crippen LogP contribution in [0.4, 0.5) is 0 Å². The zero-order valence-corrected chi connectivity index (χ0v) is 13.0. The van der Waals surface area contributed by atoms with Crippen molar-refractivity contribution in [3.05, 3.63) is 29.3 Å². The molecule has 1 aromatic rings. The lowest BCUT2D eigenvalue weighted by Crippen LogP contribution is -2.13. The van der Waals surface area contributed by atoms with Crippen LogP contribution in [0.3, 0.4) is 0 Å². The number of aliphatic hydroxyl groups is 1. The molecule has 1 aromatic carbocycles. The SMILES string of the molecule is Cc1ccc(OCCOCCOCCOCCO)c(C)c1. The lowest BCUT2D eigenvalue weighted by atomic mass is 10.1. The van der Waals surface area contributed by atoms with Gasteiger partial charge in [0.25, 0.3) is 0 Å². The van der Waals surface area contributed by atoms with E-state index < -0.39 is 0 Å². The molecule has 0 aliphatic heterocycles. The van der Waals surface area contributed by atoms with Gasteiger partial charge in [-0.1, -0.05) is 17.7 Å². The number of benzene rings is 1. The first-order chi connectivity index (χ1) is 10.2. The monoisotopic (exact) mass is 298 g/mol. The van der Waals surface area contributed by atoms with Crippen LogP contribution >= 0.6 is 0 Å². The van der Waals surface area contributed by atoms with E-state index in [-0.39, 0.29) is 6.61 Å². The van der Waals surface area contributed by atoms with Gasteiger partial charge in [-0.3, -0.25) is 0 Å². The normalized spacial score (nSPS) is 10.8. The van der Waals surface area contributed by atoms with Crippen molar-refractivity contribution in [2.45, 2.75) is 13.8 Å². The van der Waals surface area contributed by atoms with Crippen LogP contribution in [0.5, 0.6) is 5.75 Å². The minimum atomic E-state index is 0.0452. The van der Waals surface area contributed by atoms with Gasteiger partial charge in [-0.05, 0) is 25.5 Å². The molecule has 0 atom stereocenters. The van der Waals surface area contributed by atoms with Crippen molar-refractivity contribution < 1.29 is 24.1 Å². The van der Waals surface area contributed by atoms with Crippen LogP contribution in [0.1, 0.15) is 11.1 Å². The summed E-state index contributed by atoms with van der Waals surface area (Å²) in [6.07, 6.45) is 0. The van der Waals surface area contributed by atoms with E-state index in [1.54, 1.807) is 0 Å². The van der Waals surface area contributed by atoms with Gasteiger partial charge in [-0.2, -0.15) is 0 Å². The highest BCUT2D eigenvalue weighted by molar-refractivity contribution is 5.35. The van der Waals surface area contributed by atoms with Gasteiger partial charge in [0, 0.05) is 0 Å². The summed E-state index contributed by atoms with van der Waals surface area (Å²) in [5, 5.41) is 8.50. The molecule has 0 radical (unpaired) electrons. The molecule has 0 amide bonds. The predicted molar refractivity (Wildman–Crippen MR) is 81.0 cm³/mol. The third-order valence-electron chi connectivity index (χ3n) is 2.80.